The van der Waals surface area contributed by atoms with Crippen molar-refractivity contribution in [3.63, 3.8) is 0 Å². The maximum Gasteiger partial charge on any atom is 0.221 e. The van der Waals surface area contributed by atoms with Gasteiger partial charge in [-0.1, -0.05) is 18.2 Å². The van der Waals surface area contributed by atoms with Crippen LogP contribution in [-0.4, -0.2) is 47.6 Å². The first-order chi connectivity index (χ1) is 17.9. The van der Waals surface area contributed by atoms with Crippen molar-refractivity contribution in [2.75, 3.05) is 19.6 Å². The Balaban J connectivity index is 1.29. The fraction of sp³-hybridized carbons (Fsp3) is 0.414. The predicted molar refractivity (Wildman–Crippen MR) is 146 cm³/mol. The molecule has 0 saturated carbocycles. The van der Waals surface area contributed by atoms with Gasteiger partial charge in [0.15, 0.2) is 0 Å². The standard InChI is InChI=1S/C29H33N5O2S/c1-18(2)36-26-9-6-19(14-20(26)15-30)29-32-16-27(37-29)24-5-3-4-23-22(24)7-8-25(23)33-28(35)11-13-34-12-10-21(31)17-34/h3-6,9,14,16,18,21,25H,7-8,10-13,17,31H2,1-2H3,(H,33,35)/t21-,25-/m0/s1. The van der Waals surface area contributed by atoms with Crippen LogP contribution in [0.1, 0.15) is 55.8 Å². The van der Waals surface area contributed by atoms with Crippen LogP contribution in [0.15, 0.2) is 42.6 Å². The number of likely N-dealkylation sites (tertiary alicyclic amines) is 1. The SMILES string of the molecule is CC(C)Oc1ccc(-c2ncc(-c3cccc4c3CC[C@@H]4NC(=O)CCN3CC[C@H](N)C3)s2)cc1C#N. The Morgan fingerprint density at radius 3 is 2.95 bits per heavy atom. The average Bonchev–Trinajstić information content (AvgIpc) is 3.63. The number of nitrogens with one attached hydrogen (secondary N) is 1. The molecule has 192 valence electrons. The highest BCUT2D eigenvalue weighted by Gasteiger charge is 2.27. The molecular weight excluding hydrogens is 482 g/mol. The van der Waals surface area contributed by atoms with E-state index in [1.807, 2.05) is 38.2 Å². The van der Waals surface area contributed by atoms with Gasteiger partial charge in [0.1, 0.15) is 16.8 Å². The van der Waals surface area contributed by atoms with Gasteiger partial charge in [-0.15, -0.1) is 11.3 Å². The fourth-order valence-electron chi connectivity index (χ4n) is 5.27. The van der Waals surface area contributed by atoms with Crippen LogP contribution >= 0.6 is 11.3 Å². The maximum absolute atomic E-state index is 12.7. The predicted octanol–water partition coefficient (Wildman–Crippen LogP) is 4.66. The van der Waals surface area contributed by atoms with E-state index in [0.29, 0.717) is 17.7 Å². The third kappa shape index (κ3) is 5.69. The molecule has 1 aliphatic carbocycles. The van der Waals surface area contributed by atoms with Gasteiger partial charge < -0.3 is 20.7 Å². The summed E-state index contributed by atoms with van der Waals surface area (Å²) in [7, 11) is 0. The number of carbonyl (C=O) groups excluding carboxylic acids is 1. The lowest BCUT2D eigenvalue weighted by Crippen LogP contribution is -2.32. The van der Waals surface area contributed by atoms with Crippen molar-refractivity contribution >= 4 is 17.2 Å². The molecule has 2 aromatic carbocycles. The number of nitrogens with zero attached hydrogens (tertiary/aromatic N) is 3. The van der Waals surface area contributed by atoms with E-state index in [-0.39, 0.29) is 24.1 Å². The first-order valence-electron chi connectivity index (χ1n) is 13.0. The Kier molecular flexibility index (Phi) is 7.56. The molecule has 0 spiro atoms. The highest BCUT2D eigenvalue weighted by atomic mass is 32.1. The van der Waals surface area contributed by atoms with Gasteiger partial charge in [-0.25, -0.2) is 4.98 Å². The molecule has 1 saturated heterocycles. The molecule has 0 radical (unpaired) electrons. The summed E-state index contributed by atoms with van der Waals surface area (Å²) < 4.78 is 5.76. The van der Waals surface area contributed by atoms with Crippen molar-refractivity contribution in [3.8, 4) is 32.8 Å². The van der Waals surface area contributed by atoms with Crippen LogP contribution in [0.5, 0.6) is 5.75 Å². The second-order valence-electron chi connectivity index (χ2n) is 10.2. The van der Waals surface area contributed by atoms with Crippen molar-refractivity contribution in [3.05, 3.63) is 59.3 Å². The zero-order valence-electron chi connectivity index (χ0n) is 21.4. The minimum absolute atomic E-state index is 0.00203. The lowest BCUT2D eigenvalue weighted by atomic mass is 10.0. The summed E-state index contributed by atoms with van der Waals surface area (Å²) >= 11 is 1.62. The van der Waals surface area contributed by atoms with Crippen LogP contribution in [0.3, 0.4) is 0 Å². The summed E-state index contributed by atoms with van der Waals surface area (Å²) in [6.45, 7) is 6.52. The quantitative estimate of drug-likeness (QED) is 0.452. The van der Waals surface area contributed by atoms with E-state index >= 15 is 0 Å². The molecule has 2 atom stereocenters. The van der Waals surface area contributed by atoms with Crippen LogP contribution in [0.4, 0.5) is 0 Å². The molecule has 0 bridgehead atoms. The number of ether oxygens (including phenoxy) is 1. The highest BCUT2D eigenvalue weighted by molar-refractivity contribution is 7.18. The number of fused-ring (bicyclic) bond motifs is 1. The molecular formula is C29H33N5O2S. The van der Waals surface area contributed by atoms with E-state index in [4.69, 9.17) is 10.5 Å². The van der Waals surface area contributed by atoms with E-state index < -0.39 is 0 Å². The van der Waals surface area contributed by atoms with Crippen molar-refractivity contribution in [2.24, 2.45) is 5.73 Å². The van der Waals surface area contributed by atoms with E-state index in [1.54, 1.807) is 11.3 Å². The van der Waals surface area contributed by atoms with Crippen molar-refractivity contribution < 1.29 is 9.53 Å². The molecule has 1 aromatic heterocycles. The Bertz CT molecular complexity index is 1330. The average molecular weight is 516 g/mol. The summed E-state index contributed by atoms with van der Waals surface area (Å²) in [5, 5.41) is 13.7. The van der Waals surface area contributed by atoms with Gasteiger partial charge in [-0.3, -0.25) is 4.79 Å². The van der Waals surface area contributed by atoms with E-state index in [9.17, 15) is 10.1 Å². The Morgan fingerprint density at radius 2 is 2.19 bits per heavy atom. The second kappa shape index (κ2) is 11.0. The molecule has 3 aromatic rings. The number of carbonyl (C=O) groups is 1. The highest BCUT2D eigenvalue weighted by Crippen LogP contribution is 2.41. The summed E-state index contributed by atoms with van der Waals surface area (Å²) in [6, 6.07) is 14.5. The molecule has 1 fully saturated rings. The number of amides is 1. The number of aromatic nitrogens is 1. The van der Waals surface area contributed by atoms with Gasteiger partial charge in [-0.2, -0.15) is 5.26 Å². The number of nitriles is 1. The van der Waals surface area contributed by atoms with E-state index in [0.717, 1.165) is 54.3 Å². The Hall–Kier alpha value is -3.25. The third-order valence-corrected chi connectivity index (χ3v) is 8.13. The summed E-state index contributed by atoms with van der Waals surface area (Å²) in [5.41, 5.74) is 11.1. The molecule has 2 heterocycles. The number of nitrogens with two attached hydrogens (primary N) is 1. The molecule has 5 rings (SSSR count). The molecule has 8 heteroatoms. The fourth-order valence-corrected chi connectivity index (χ4v) is 6.23. The lowest BCUT2D eigenvalue weighted by molar-refractivity contribution is -0.122. The molecule has 1 aliphatic heterocycles. The summed E-state index contributed by atoms with van der Waals surface area (Å²) in [5.74, 6) is 0.693. The van der Waals surface area contributed by atoms with Crippen LogP contribution in [0.2, 0.25) is 0 Å². The molecule has 7 nitrogen and oxygen atoms in total. The zero-order valence-corrected chi connectivity index (χ0v) is 22.2. The van der Waals surface area contributed by atoms with Crippen molar-refractivity contribution in [1.29, 1.82) is 5.26 Å². The van der Waals surface area contributed by atoms with Crippen molar-refractivity contribution in [2.45, 2.75) is 57.7 Å². The van der Waals surface area contributed by atoms with E-state index in [1.165, 1.54) is 16.7 Å². The monoisotopic (exact) mass is 515 g/mol. The molecule has 0 unspecified atom stereocenters. The molecule has 3 N–H and O–H groups in total. The van der Waals surface area contributed by atoms with Gasteiger partial charge in [0.05, 0.1) is 22.6 Å². The number of hydrogen-bond donors (Lipinski definition) is 2. The first kappa shape index (κ1) is 25.4. The number of thiazole rings is 1. The first-order valence-corrected chi connectivity index (χ1v) is 13.8. The minimum atomic E-state index is 0.00203. The Morgan fingerprint density at radius 1 is 1.32 bits per heavy atom. The Labute approximate surface area is 222 Å². The number of benzene rings is 2. The summed E-state index contributed by atoms with van der Waals surface area (Å²) in [6.07, 6.45) is 5.25. The van der Waals surface area contributed by atoms with Crippen molar-refractivity contribution in [1.82, 2.24) is 15.2 Å². The number of rotatable bonds is 8. The maximum atomic E-state index is 12.7. The van der Waals surface area contributed by atoms with Crippen LogP contribution in [0, 0.1) is 11.3 Å². The van der Waals surface area contributed by atoms with Gasteiger partial charge in [0.2, 0.25) is 5.91 Å². The smallest absolute Gasteiger partial charge is 0.221 e. The van der Waals surface area contributed by atoms with Gasteiger partial charge in [0.25, 0.3) is 0 Å². The van der Waals surface area contributed by atoms with Crippen LogP contribution < -0.4 is 15.8 Å². The molecule has 37 heavy (non-hydrogen) atoms. The van der Waals surface area contributed by atoms with Crippen LogP contribution in [-0.2, 0) is 11.2 Å². The second-order valence-corrected chi connectivity index (χ2v) is 11.2. The normalized spacial score (nSPS) is 19.1. The van der Waals surface area contributed by atoms with Gasteiger partial charge >= 0.3 is 0 Å². The lowest BCUT2D eigenvalue weighted by Gasteiger charge is -2.18. The van der Waals surface area contributed by atoms with E-state index in [2.05, 4.69) is 39.5 Å². The molecule has 2 aliphatic rings. The number of hydrogen-bond acceptors (Lipinski definition) is 7. The zero-order chi connectivity index (χ0) is 25.9. The summed E-state index contributed by atoms with van der Waals surface area (Å²) in [4.78, 5) is 20.7. The largest absolute Gasteiger partial charge is 0.490 e. The third-order valence-electron chi connectivity index (χ3n) is 7.05. The topological polar surface area (TPSA) is 104 Å². The minimum Gasteiger partial charge on any atom is -0.490 e. The molecule has 1 amide bonds. The van der Waals surface area contributed by atoms with Gasteiger partial charge in [-0.05, 0) is 74.5 Å². The van der Waals surface area contributed by atoms with Gasteiger partial charge in [0, 0.05) is 37.3 Å². The van der Waals surface area contributed by atoms with Crippen LogP contribution in [0.25, 0.3) is 21.0 Å².